The van der Waals surface area contributed by atoms with Crippen LogP contribution in [0.4, 0.5) is 19.2 Å². The largest absolute Gasteiger partial charge is 1.00 e. The van der Waals surface area contributed by atoms with Crippen molar-refractivity contribution in [2.75, 3.05) is 39.3 Å². The van der Waals surface area contributed by atoms with Crippen molar-refractivity contribution in [1.82, 2.24) is 15.1 Å². The van der Waals surface area contributed by atoms with E-state index in [-0.39, 0.29) is 81.4 Å². The normalized spacial score (nSPS) is 21.3. The smallest absolute Gasteiger partial charge is 0.662 e. The average molecular weight is 877 g/mol. The van der Waals surface area contributed by atoms with Gasteiger partial charge in [0.2, 0.25) is 0 Å². The van der Waals surface area contributed by atoms with Crippen molar-refractivity contribution in [3.05, 3.63) is 71.8 Å². The Hall–Kier alpha value is -4.05. The van der Waals surface area contributed by atoms with Crippen LogP contribution in [0.15, 0.2) is 60.7 Å². The number of carbonyl (C=O) groups is 5. The van der Waals surface area contributed by atoms with Gasteiger partial charge in [-0.05, 0) is 58.6 Å². The third-order valence-corrected chi connectivity index (χ3v) is 8.29. The number of β-amino-alcohol motifs (C(OH)–C–C–N with tert-alkyl or cyclic N) is 3. The third-order valence-electron chi connectivity index (χ3n) is 8.29. The fourth-order valence-corrected chi connectivity index (χ4v) is 5.09. The van der Waals surface area contributed by atoms with Crippen molar-refractivity contribution in [2.24, 2.45) is 17.6 Å². The van der Waals surface area contributed by atoms with Gasteiger partial charge in [0.25, 0.3) is 6.47 Å². The fraction of sp³-hybridized carbons (Fsp3) is 0.585. The van der Waals surface area contributed by atoms with Gasteiger partial charge < -0.3 is 70.0 Å². The molecular formula is C41H65N4NaO15. The van der Waals surface area contributed by atoms with Crippen LogP contribution < -0.4 is 45.9 Å². The molecule has 3 saturated heterocycles. The number of hydrogen-bond donors (Lipinski definition) is 5. The molecule has 20 heteroatoms. The van der Waals surface area contributed by atoms with Gasteiger partial charge in [-0.25, -0.2) is 19.2 Å². The predicted molar refractivity (Wildman–Crippen MR) is 216 cm³/mol. The zero-order valence-electron chi connectivity index (χ0n) is 36.7. The maximum absolute atomic E-state index is 11.7. The summed E-state index contributed by atoms with van der Waals surface area (Å²) in [6, 6.07) is 18.6. The molecule has 0 unspecified atom stereocenters. The van der Waals surface area contributed by atoms with E-state index in [1.807, 2.05) is 74.5 Å². The number of likely N-dealkylation sites (tertiary alicyclic amines) is 2. The van der Waals surface area contributed by atoms with E-state index >= 15 is 0 Å². The van der Waals surface area contributed by atoms with Crippen LogP contribution in [-0.4, -0.2) is 131 Å². The standard InChI is InChI=1S/C13H17NO3.C12H16N2O3.C10H18O5.C5H11NO.CH2O3.Na.H2/c1-10-7-14(8-12(10)15)13(16)17-9-11-5-3-2-4-6-11;13-10-6-14(7-11(10)15)12(16)17-8-9-4-2-1-3-5-9;1-9(2,3)14-7(11)13-8(12)15-10(4,5)6;1-4-2-6-3-5(4)7;2-1-4-3;;/h2-6,10,12,15H,7-9H2,1H3;1-5,10-11,15H,6-8,13H2;1-6H3;4-7H,2-3H2,1H3;1,3H;;1H/q;;;;;+1;/p-1/t10-,12-;10-,11-;;4-,5-;;;/m11.1.../s1. The van der Waals surface area contributed by atoms with Gasteiger partial charge in [-0.3, -0.25) is 4.79 Å². The van der Waals surface area contributed by atoms with Crippen LogP contribution in [0.1, 0.15) is 67.9 Å². The Bertz CT molecular complexity index is 1440. The number of nitrogens with one attached hydrogen (secondary N) is 1. The van der Waals surface area contributed by atoms with E-state index in [4.69, 9.17) is 39.8 Å². The zero-order valence-corrected chi connectivity index (χ0v) is 38.7. The third kappa shape index (κ3) is 26.1. The van der Waals surface area contributed by atoms with Gasteiger partial charge in [0.15, 0.2) is 0 Å². The molecule has 3 aliphatic heterocycles. The first kappa shape index (κ1) is 57.0. The van der Waals surface area contributed by atoms with Crippen LogP contribution in [0.3, 0.4) is 0 Å². The molecule has 2 aromatic rings. The molecule has 2 amide bonds. The van der Waals surface area contributed by atoms with Crippen molar-refractivity contribution in [2.45, 2.75) is 104 Å². The zero-order chi connectivity index (χ0) is 45.5. The van der Waals surface area contributed by atoms with Crippen LogP contribution in [0.2, 0.25) is 0 Å². The molecule has 3 heterocycles. The molecule has 3 aliphatic rings. The van der Waals surface area contributed by atoms with Crippen molar-refractivity contribution in [3.8, 4) is 0 Å². The maximum atomic E-state index is 11.7. The first-order valence-corrected chi connectivity index (χ1v) is 19.3. The van der Waals surface area contributed by atoms with E-state index in [1.54, 1.807) is 46.4 Å². The van der Waals surface area contributed by atoms with E-state index in [1.165, 1.54) is 4.90 Å². The Labute approximate surface area is 381 Å². The number of aliphatic hydroxyl groups excluding tert-OH is 3. The van der Waals surface area contributed by atoms with Gasteiger partial charge in [0.05, 0.1) is 37.4 Å². The second kappa shape index (κ2) is 29.3. The van der Waals surface area contributed by atoms with Crippen molar-refractivity contribution in [1.29, 1.82) is 0 Å². The van der Waals surface area contributed by atoms with E-state index in [0.717, 1.165) is 24.2 Å². The Kier molecular flexibility index (Phi) is 27.3. The summed E-state index contributed by atoms with van der Waals surface area (Å²) < 4.78 is 24.1. The Morgan fingerprint density at radius 2 is 1.13 bits per heavy atom. The summed E-state index contributed by atoms with van der Waals surface area (Å²) in [5.74, 6) is 0.583. The molecule has 0 saturated carbocycles. The second-order valence-electron chi connectivity index (χ2n) is 16.1. The van der Waals surface area contributed by atoms with Crippen molar-refractivity contribution < 1.29 is 104 Å². The predicted octanol–water partition coefficient (Wildman–Crippen LogP) is 0.107. The van der Waals surface area contributed by atoms with Crippen molar-refractivity contribution in [3.63, 3.8) is 0 Å². The molecule has 2 aromatic carbocycles. The van der Waals surface area contributed by atoms with E-state index in [9.17, 15) is 29.4 Å². The van der Waals surface area contributed by atoms with Gasteiger partial charge in [-0.15, -0.1) is 0 Å². The van der Waals surface area contributed by atoms with Gasteiger partial charge in [-0.1, -0.05) is 74.5 Å². The summed E-state index contributed by atoms with van der Waals surface area (Å²) >= 11 is 0. The van der Waals surface area contributed by atoms with E-state index < -0.39 is 41.8 Å². The van der Waals surface area contributed by atoms with Crippen LogP contribution >= 0.6 is 0 Å². The molecule has 61 heavy (non-hydrogen) atoms. The minimum atomic E-state index is -1.06. The van der Waals surface area contributed by atoms with Gasteiger partial charge in [-0.2, -0.15) is 0 Å². The Morgan fingerprint density at radius 3 is 1.41 bits per heavy atom. The molecule has 0 aromatic heterocycles. The summed E-state index contributed by atoms with van der Waals surface area (Å²) in [6.07, 6.45) is -4.08. The Morgan fingerprint density at radius 1 is 0.721 bits per heavy atom. The quantitative estimate of drug-likeness (QED) is 0.0507. The number of carbonyl (C=O) groups excluding carboxylic acids is 5. The van der Waals surface area contributed by atoms with Gasteiger partial charge in [0, 0.05) is 33.5 Å². The summed E-state index contributed by atoms with van der Waals surface area (Å²) in [4.78, 5) is 59.6. The molecule has 3 fully saturated rings. The van der Waals surface area contributed by atoms with E-state index in [0.29, 0.717) is 25.6 Å². The summed E-state index contributed by atoms with van der Waals surface area (Å²) in [5.41, 5.74) is 6.13. The minimum Gasteiger partial charge on any atom is -0.662 e. The number of hydrogen-bond acceptors (Lipinski definition) is 17. The second-order valence-corrected chi connectivity index (χ2v) is 16.1. The monoisotopic (exact) mass is 876 g/mol. The molecule has 6 atom stereocenters. The van der Waals surface area contributed by atoms with Crippen LogP contribution in [0, 0.1) is 11.8 Å². The molecule has 0 aliphatic carbocycles. The first-order chi connectivity index (χ1) is 28.0. The topological polar surface area (TPSA) is 269 Å². The van der Waals surface area contributed by atoms with E-state index in [2.05, 4.69) is 14.9 Å². The molecule has 0 bridgehead atoms. The average Bonchev–Trinajstić information content (AvgIpc) is 3.85. The number of ether oxygens (including phenoxy) is 5. The number of rotatable bonds is 5. The summed E-state index contributed by atoms with van der Waals surface area (Å²) in [6.45, 7) is 17.6. The number of benzene rings is 2. The molecule has 6 N–H and O–H groups in total. The van der Waals surface area contributed by atoms with Gasteiger partial charge >= 0.3 is 54.1 Å². The van der Waals surface area contributed by atoms with Crippen molar-refractivity contribution >= 4 is 31.0 Å². The number of nitrogens with zero attached hydrogens (tertiary/aromatic N) is 2. The van der Waals surface area contributed by atoms with Crippen LogP contribution in [0.25, 0.3) is 0 Å². The maximum Gasteiger partial charge on any atom is 1.00 e. The molecular weight excluding hydrogens is 811 g/mol. The molecule has 340 valence electrons. The molecule has 19 nitrogen and oxygen atoms in total. The summed E-state index contributed by atoms with van der Waals surface area (Å²) in [7, 11) is 0. The van der Waals surface area contributed by atoms with Crippen LogP contribution in [0.5, 0.6) is 0 Å². The minimum absolute atomic E-state index is 0. The molecule has 0 spiro atoms. The summed E-state index contributed by atoms with van der Waals surface area (Å²) in [5, 5.41) is 39.4. The molecule has 0 radical (unpaired) electrons. The number of aliphatic hydroxyl groups is 3. The SMILES string of the molecule is CC(C)(C)OC(=O)OC(=O)OC(C)(C)C.C[C@@H]1CN(C(=O)OCc2ccccc2)C[C@H]1O.C[C@@H]1CNC[C@H]1O.N[C@@H]1CN(C(=O)OCc2ccccc2)C[C@H]1O.O=CO[O-].[HH].[Na+]. The first-order valence-electron chi connectivity index (χ1n) is 19.3. The van der Waals surface area contributed by atoms with Crippen LogP contribution in [-0.2, 0) is 46.6 Å². The van der Waals surface area contributed by atoms with Gasteiger partial charge in [0.1, 0.15) is 24.4 Å². The number of nitrogens with two attached hydrogens (primary N) is 1. The fourth-order valence-electron chi connectivity index (χ4n) is 5.09. The number of amides is 2. The molecule has 5 rings (SSSR count). The Balaban J connectivity index is 0.